The van der Waals surface area contributed by atoms with E-state index in [0.717, 1.165) is 6.42 Å². The maximum absolute atomic E-state index is 10.7. The van der Waals surface area contributed by atoms with E-state index >= 15 is 0 Å². The summed E-state index contributed by atoms with van der Waals surface area (Å²) in [5.74, 6) is -0.780. The number of hydrogen-bond acceptors (Lipinski definition) is 2. The number of hydrogen-bond donors (Lipinski definition) is 2. The molecule has 0 amide bonds. The van der Waals surface area contributed by atoms with Gasteiger partial charge in [-0.3, -0.25) is 4.79 Å². The van der Waals surface area contributed by atoms with Crippen LogP contribution in [0.15, 0.2) is 0 Å². The van der Waals surface area contributed by atoms with Crippen LogP contribution in [-0.2, 0) is 4.79 Å². The second kappa shape index (κ2) is 1.78. The van der Waals surface area contributed by atoms with Gasteiger partial charge in [-0.25, -0.2) is 0 Å². The molecule has 2 aliphatic rings. The molecule has 3 nitrogen and oxygen atoms in total. The monoisotopic (exact) mass is 156 g/mol. The maximum Gasteiger partial charge on any atom is 0.307 e. The van der Waals surface area contributed by atoms with Gasteiger partial charge in [0.05, 0.1) is 12.0 Å². The number of carbonyl (C=O) groups is 1. The number of aliphatic hydroxyl groups is 1. The van der Waals surface area contributed by atoms with E-state index in [2.05, 4.69) is 0 Å². The Bertz CT molecular complexity index is 213. The lowest BCUT2D eigenvalue weighted by Gasteiger charge is -2.12. The molecule has 2 rings (SSSR count). The van der Waals surface area contributed by atoms with Crippen molar-refractivity contribution in [3.8, 4) is 0 Å². The summed E-state index contributed by atoms with van der Waals surface area (Å²) >= 11 is 0. The van der Waals surface area contributed by atoms with Crippen molar-refractivity contribution in [2.75, 3.05) is 0 Å². The Morgan fingerprint density at radius 2 is 2.27 bits per heavy atom. The quantitative estimate of drug-likeness (QED) is 0.580. The zero-order valence-electron chi connectivity index (χ0n) is 6.45. The highest BCUT2D eigenvalue weighted by Crippen LogP contribution is 2.66. The van der Waals surface area contributed by atoms with Crippen molar-refractivity contribution in [2.45, 2.75) is 25.9 Å². The molecule has 0 aromatic heterocycles. The lowest BCUT2D eigenvalue weighted by atomic mass is 9.92. The van der Waals surface area contributed by atoms with Crippen molar-refractivity contribution < 1.29 is 15.0 Å². The van der Waals surface area contributed by atoms with E-state index < -0.39 is 5.97 Å². The van der Waals surface area contributed by atoms with Crippen LogP contribution < -0.4 is 0 Å². The number of aliphatic carboxylic acids is 1. The van der Waals surface area contributed by atoms with Gasteiger partial charge in [-0.2, -0.15) is 0 Å². The van der Waals surface area contributed by atoms with Crippen molar-refractivity contribution in [1.29, 1.82) is 0 Å². The molecule has 0 aromatic rings. The van der Waals surface area contributed by atoms with Gasteiger partial charge in [0.2, 0.25) is 0 Å². The van der Waals surface area contributed by atoms with Crippen molar-refractivity contribution in [3.63, 3.8) is 0 Å². The fraction of sp³-hybridized carbons (Fsp3) is 0.875. The van der Waals surface area contributed by atoms with Crippen LogP contribution in [-0.4, -0.2) is 22.3 Å². The minimum Gasteiger partial charge on any atom is -0.481 e. The molecule has 3 heteroatoms. The largest absolute Gasteiger partial charge is 0.481 e. The molecule has 2 N–H and O–H groups in total. The first kappa shape index (κ1) is 7.10. The van der Waals surface area contributed by atoms with Crippen LogP contribution in [0.4, 0.5) is 0 Å². The first-order valence-corrected chi connectivity index (χ1v) is 3.96. The lowest BCUT2D eigenvalue weighted by Crippen LogP contribution is -2.20. The van der Waals surface area contributed by atoms with Crippen molar-refractivity contribution in [2.24, 2.45) is 17.3 Å². The molecular formula is C8H12O3. The molecule has 0 aromatic carbocycles. The molecule has 0 radical (unpaired) electrons. The summed E-state index contributed by atoms with van der Waals surface area (Å²) in [6.07, 6.45) is 0.989. The third-order valence-electron chi connectivity index (χ3n) is 3.38. The summed E-state index contributed by atoms with van der Waals surface area (Å²) in [5, 5.41) is 18.1. The number of carboxylic acid groups (broad SMARTS) is 1. The lowest BCUT2D eigenvalue weighted by molar-refractivity contribution is -0.143. The van der Waals surface area contributed by atoms with Crippen molar-refractivity contribution in [3.05, 3.63) is 0 Å². The molecule has 4 unspecified atom stereocenters. The predicted octanol–water partition coefficient (Wildman–Crippen LogP) is 0.478. The summed E-state index contributed by atoms with van der Waals surface area (Å²) in [6, 6.07) is 0. The summed E-state index contributed by atoms with van der Waals surface area (Å²) in [7, 11) is 0. The molecule has 2 saturated carbocycles. The van der Waals surface area contributed by atoms with Crippen LogP contribution >= 0.6 is 0 Å². The Morgan fingerprint density at radius 1 is 1.64 bits per heavy atom. The van der Waals surface area contributed by atoms with Crippen LogP contribution in [0.1, 0.15) is 19.8 Å². The van der Waals surface area contributed by atoms with Crippen molar-refractivity contribution in [1.82, 2.24) is 0 Å². The van der Waals surface area contributed by atoms with E-state index in [1.807, 2.05) is 6.92 Å². The fourth-order valence-corrected chi connectivity index (χ4v) is 2.45. The third kappa shape index (κ3) is 0.745. The number of fused-ring (bicyclic) bond motifs is 1. The van der Waals surface area contributed by atoms with E-state index in [9.17, 15) is 9.90 Å². The Labute approximate surface area is 65.0 Å². The highest BCUT2D eigenvalue weighted by molar-refractivity contribution is 5.72. The number of carboxylic acids is 1. The van der Waals surface area contributed by atoms with E-state index in [0.29, 0.717) is 6.42 Å². The molecule has 0 saturated heterocycles. The van der Waals surface area contributed by atoms with Gasteiger partial charge in [-0.1, -0.05) is 6.92 Å². The van der Waals surface area contributed by atoms with Gasteiger partial charge >= 0.3 is 5.97 Å². The number of aliphatic hydroxyl groups excluding tert-OH is 1. The first-order chi connectivity index (χ1) is 5.05. The highest BCUT2D eigenvalue weighted by atomic mass is 16.4. The predicted molar refractivity (Wildman–Crippen MR) is 38.0 cm³/mol. The van der Waals surface area contributed by atoms with Gasteiger partial charge in [-0.15, -0.1) is 0 Å². The minimum absolute atomic E-state index is 0.0781. The van der Waals surface area contributed by atoms with Crippen molar-refractivity contribution >= 4 is 5.97 Å². The molecule has 2 aliphatic carbocycles. The Balaban J connectivity index is 2.20. The molecule has 0 spiro atoms. The standard InChI is InChI=1S/C8H12O3/c1-8-3-5(8)6(9)2-4(8)7(10)11/h4-6,9H,2-3H2,1H3,(H,10,11). The molecule has 62 valence electrons. The fourth-order valence-electron chi connectivity index (χ4n) is 2.45. The second-order valence-electron chi connectivity index (χ2n) is 4.01. The Kier molecular flexibility index (Phi) is 1.15. The Hall–Kier alpha value is -0.570. The molecule has 0 bridgehead atoms. The molecular weight excluding hydrogens is 144 g/mol. The zero-order valence-corrected chi connectivity index (χ0v) is 6.45. The molecule has 0 aliphatic heterocycles. The van der Waals surface area contributed by atoms with Gasteiger partial charge < -0.3 is 10.2 Å². The van der Waals surface area contributed by atoms with Crippen LogP contribution in [0, 0.1) is 17.3 Å². The Morgan fingerprint density at radius 3 is 2.45 bits per heavy atom. The summed E-state index contributed by atoms with van der Waals surface area (Å²) < 4.78 is 0. The minimum atomic E-state index is -0.744. The van der Waals surface area contributed by atoms with Gasteiger partial charge in [-0.05, 0) is 24.2 Å². The van der Waals surface area contributed by atoms with E-state index in [1.165, 1.54) is 0 Å². The number of rotatable bonds is 1. The maximum atomic E-state index is 10.7. The van der Waals surface area contributed by atoms with Crippen LogP contribution in [0.5, 0.6) is 0 Å². The van der Waals surface area contributed by atoms with Gasteiger partial charge in [0.25, 0.3) is 0 Å². The average molecular weight is 156 g/mol. The molecule has 4 atom stereocenters. The summed E-state index contributed by atoms with van der Waals surface area (Å²) in [5.41, 5.74) is -0.0781. The van der Waals surface area contributed by atoms with Gasteiger partial charge in [0, 0.05) is 0 Å². The van der Waals surface area contributed by atoms with Gasteiger partial charge in [0.1, 0.15) is 0 Å². The topological polar surface area (TPSA) is 57.5 Å². The van der Waals surface area contributed by atoms with E-state index in [1.54, 1.807) is 0 Å². The zero-order chi connectivity index (χ0) is 8.22. The first-order valence-electron chi connectivity index (χ1n) is 3.96. The smallest absolute Gasteiger partial charge is 0.307 e. The second-order valence-corrected chi connectivity index (χ2v) is 4.01. The van der Waals surface area contributed by atoms with E-state index in [-0.39, 0.29) is 23.4 Å². The highest BCUT2D eigenvalue weighted by Gasteiger charge is 2.65. The third-order valence-corrected chi connectivity index (χ3v) is 3.38. The SMILES string of the molecule is CC12CC1C(O)CC2C(=O)O. The van der Waals surface area contributed by atoms with Gasteiger partial charge in [0.15, 0.2) is 0 Å². The van der Waals surface area contributed by atoms with Crippen LogP contribution in [0.25, 0.3) is 0 Å². The van der Waals surface area contributed by atoms with Crippen LogP contribution in [0.3, 0.4) is 0 Å². The van der Waals surface area contributed by atoms with Crippen LogP contribution in [0.2, 0.25) is 0 Å². The summed E-state index contributed by atoms with van der Waals surface area (Å²) in [6.45, 7) is 1.96. The van der Waals surface area contributed by atoms with E-state index in [4.69, 9.17) is 5.11 Å². The normalized spacial score (nSPS) is 53.8. The molecule has 0 heterocycles. The summed E-state index contributed by atoms with van der Waals surface area (Å²) in [4.78, 5) is 10.7. The molecule has 11 heavy (non-hydrogen) atoms. The molecule has 2 fully saturated rings. The average Bonchev–Trinajstić information content (AvgIpc) is 2.51.